The Balaban J connectivity index is 3.05. The predicted octanol–water partition coefficient (Wildman–Crippen LogP) is 0.955. The first-order valence-corrected chi connectivity index (χ1v) is 3.66. The lowest BCUT2D eigenvalue weighted by Gasteiger charge is -2.08. The van der Waals surface area contributed by atoms with E-state index in [1.54, 1.807) is 0 Å². The Hall–Kier alpha value is -1.58. The predicted molar refractivity (Wildman–Crippen MR) is 48.1 cm³/mol. The molecule has 1 aromatic carbocycles. The van der Waals surface area contributed by atoms with Crippen LogP contribution in [0.25, 0.3) is 0 Å². The summed E-state index contributed by atoms with van der Waals surface area (Å²) < 4.78 is 5.16. The number of aromatic hydroxyl groups is 1. The fraction of sp³-hybridized carbons (Fsp3) is 0.250. The van der Waals surface area contributed by atoms with Gasteiger partial charge in [-0.15, -0.1) is 0 Å². The minimum absolute atomic E-state index is 0.0176. The third kappa shape index (κ3) is 1.53. The van der Waals surface area contributed by atoms with E-state index in [-0.39, 0.29) is 11.4 Å². The van der Waals surface area contributed by atoms with Gasteiger partial charge in [-0.3, -0.25) is 0 Å². The van der Waals surface area contributed by atoms with Gasteiger partial charge in [0, 0.05) is 12.1 Å². The molecule has 0 bridgehead atoms. The number of nitrogens with two attached hydrogens (primary N) is 2. The summed E-state index contributed by atoms with van der Waals surface area (Å²) in [5.41, 5.74) is 11.6. The summed E-state index contributed by atoms with van der Waals surface area (Å²) in [6.45, 7) is 2.37. The molecule has 0 saturated carbocycles. The molecular formula is C8H12N2O2. The van der Waals surface area contributed by atoms with Crippen molar-refractivity contribution in [2.45, 2.75) is 6.92 Å². The molecule has 0 aliphatic heterocycles. The van der Waals surface area contributed by atoms with Gasteiger partial charge < -0.3 is 21.3 Å². The van der Waals surface area contributed by atoms with Crippen LogP contribution in [0.1, 0.15) is 6.92 Å². The van der Waals surface area contributed by atoms with Gasteiger partial charge in [-0.2, -0.15) is 0 Å². The lowest BCUT2D eigenvalue weighted by molar-refractivity contribution is 0.341. The molecule has 1 aromatic rings. The molecule has 5 N–H and O–H groups in total. The van der Waals surface area contributed by atoms with Crippen LogP contribution >= 0.6 is 0 Å². The van der Waals surface area contributed by atoms with Crippen molar-refractivity contribution in [2.75, 3.05) is 18.1 Å². The van der Waals surface area contributed by atoms with Crippen LogP contribution in [0.5, 0.6) is 11.5 Å². The number of rotatable bonds is 2. The van der Waals surface area contributed by atoms with Crippen LogP contribution in [-0.2, 0) is 0 Å². The smallest absolute Gasteiger partial charge is 0.144 e. The van der Waals surface area contributed by atoms with Crippen LogP contribution in [0.4, 0.5) is 11.4 Å². The molecule has 0 saturated heterocycles. The maximum atomic E-state index is 9.13. The van der Waals surface area contributed by atoms with Crippen LogP contribution in [-0.4, -0.2) is 11.7 Å². The average molecular weight is 168 g/mol. The Kier molecular flexibility index (Phi) is 2.28. The number of hydrogen-bond donors (Lipinski definition) is 3. The van der Waals surface area contributed by atoms with E-state index in [0.29, 0.717) is 18.0 Å². The molecule has 12 heavy (non-hydrogen) atoms. The van der Waals surface area contributed by atoms with Gasteiger partial charge >= 0.3 is 0 Å². The van der Waals surface area contributed by atoms with Crippen molar-refractivity contribution in [3.05, 3.63) is 12.1 Å². The standard InChI is InChI=1S/C8H12N2O2/c1-2-12-8-4-5(9)7(11)3-6(8)10/h3-4,11H,2,9-10H2,1H3. The zero-order valence-corrected chi connectivity index (χ0v) is 6.87. The van der Waals surface area contributed by atoms with Gasteiger partial charge in [0.2, 0.25) is 0 Å². The zero-order chi connectivity index (χ0) is 9.14. The molecule has 0 heterocycles. The van der Waals surface area contributed by atoms with Crippen molar-refractivity contribution in [1.82, 2.24) is 0 Å². The molecule has 0 amide bonds. The zero-order valence-electron chi connectivity index (χ0n) is 6.87. The van der Waals surface area contributed by atoms with Crippen LogP contribution in [0.3, 0.4) is 0 Å². The molecule has 1 rings (SSSR count). The Bertz CT molecular complexity index is 287. The summed E-state index contributed by atoms with van der Waals surface area (Å²) in [6, 6.07) is 2.88. The second kappa shape index (κ2) is 3.21. The number of phenolic OH excluding ortho intramolecular Hbond substituents is 1. The Labute approximate surface area is 70.7 Å². The van der Waals surface area contributed by atoms with Gasteiger partial charge in [-0.25, -0.2) is 0 Å². The third-order valence-electron chi connectivity index (χ3n) is 1.46. The summed E-state index contributed by atoms with van der Waals surface area (Å²) in [5.74, 6) is 0.490. The molecule has 0 fully saturated rings. The molecule has 0 radical (unpaired) electrons. The van der Waals surface area contributed by atoms with E-state index in [1.165, 1.54) is 12.1 Å². The minimum atomic E-state index is -0.0176. The Morgan fingerprint density at radius 1 is 1.33 bits per heavy atom. The molecule has 4 heteroatoms. The number of hydrogen-bond acceptors (Lipinski definition) is 4. The molecule has 4 nitrogen and oxygen atoms in total. The third-order valence-corrected chi connectivity index (χ3v) is 1.46. The molecule has 0 unspecified atom stereocenters. The van der Waals surface area contributed by atoms with Crippen molar-refractivity contribution in [1.29, 1.82) is 0 Å². The van der Waals surface area contributed by atoms with Gasteiger partial charge in [0.25, 0.3) is 0 Å². The van der Waals surface area contributed by atoms with E-state index >= 15 is 0 Å². The normalized spacial score (nSPS) is 9.75. The largest absolute Gasteiger partial charge is 0.506 e. The van der Waals surface area contributed by atoms with Crippen molar-refractivity contribution in [3.8, 4) is 11.5 Å². The summed E-state index contributed by atoms with van der Waals surface area (Å²) in [7, 11) is 0. The number of anilines is 2. The van der Waals surface area contributed by atoms with Gasteiger partial charge in [0.05, 0.1) is 18.0 Å². The van der Waals surface area contributed by atoms with E-state index in [2.05, 4.69) is 0 Å². The maximum Gasteiger partial charge on any atom is 0.144 e. The molecule has 0 atom stereocenters. The fourth-order valence-electron chi connectivity index (χ4n) is 0.881. The maximum absolute atomic E-state index is 9.13. The highest BCUT2D eigenvalue weighted by molar-refractivity contribution is 5.66. The minimum Gasteiger partial charge on any atom is -0.506 e. The molecule has 0 spiro atoms. The molecular weight excluding hydrogens is 156 g/mol. The quantitative estimate of drug-likeness (QED) is 0.453. The topological polar surface area (TPSA) is 81.5 Å². The second-order valence-corrected chi connectivity index (χ2v) is 2.38. The van der Waals surface area contributed by atoms with E-state index in [0.717, 1.165) is 0 Å². The number of nitrogen functional groups attached to an aromatic ring is 2. The van der Waals surface area contributed by atoms with Crippen molar-refractivity contribution < 1.29 is 9.84 Å². The SMILES string of the molecule is CCOc1cc(N)c(O)cc1N. The molecule has 0 aromatic heterocycles. The van der Waals surface area contributed by atoms with Crippen LogP contribution < -0.4 is 16.2 Å². The first-order valence-electron chi connectivity index (χ1n) is 3.66. The van der Waals surface area contributed by atoms with E-state index < -0.39 is 0 Å². The van der Waals surface area contributed by atoms with Crippen LogP contribution in [0, 0.1) is 0 Å². The molecule has 66 valence electrons. The van der Waals surface area contributed by atoms with E-state index in [4.69, 9.17) is 21.3 Å². The lowest BCUT2D eigenvalue weighted by Crippen LogP contribution is -1.98. The highest BCUT2D eigenvalue weighted by Crippen LogP contribution is 2.31. The Morgan fingerprint density at radius 2 is 2.00 bits per heavy atom. The van der Waals surface area contributed by atoms with E-state index in [1.807, 2.05) is 6.92 Å². The van der Waals surface area contributed by atoms with Gasteiger partial charge in [-0.1, -0.05) is 0 Å². The first-order chi connectivity index (χ1) is 5.65. The molecule has 0 aliphatic rings. The summed E-state index contributed by atoms with van der Waals surface area (Å²) in [5, 5.41) is 9.13. The highest BCUT2D eigenvalue weighted by atomic mass is 16.5. The molecule has 0 aliphatic carbocycles. The lowest BCUT2D eigenvalue weighted by atomic mass is 10.2. The highest BCUT2D eigenvalue weighted by Gasteiger charge is 2.04. The number of ether oxygens (including phenoxy) is 1. The number of benzene rings is 1. The summed E-state index contributed by atoms with van der Waals surface area (Å²) in [6.07, 6.45) is 0. The van der Waals surface area contributed by atoms with Crippen LogP contribution in [0.2, 0.25) is 0 Å². The van der Waals surface area contributed by atoms with Gasteiger partial charge in [0.15, 0.2) is 0 Å². The second-order valence-electron chi connectivity index (χ2n) is 2.38. The summed E-state index contributed by atoms with van der Waals surface area (Å²) >= 11 is 0. The van der Waals surface area contributed by atoms with Crippen molar-refractivity contribution in [3.63, 3.8) is 0 Å². The summed E-state index contributed by atoms with van der Waals surface area (Å²) in [4.78, 5) is 0. The van der Waals surface area contributed by atoms with Crippen molar-refractivity contribution >= 4 is 11.4 Å². The Morgan fingerprint density at radius 3 is 2.58 bits per heavy atom. The monoisotopic (exact) mass is 168 g/mol. The fourth-order valence-corrected chi connectivity index (χ4v) is 0.881. The van der Waals surface area contributed by atoms with Crippen molar-refractivity contribution in [2.24, 2.45) is 0 Å². The van der Waals surface area contributed by atoms with Crippen LogP contribution in [0.15, 0.2) is 12.1 Å². The van der Waals surface area contributed by atoms with Gasteiger partial charge in [0.1, 0.15) is 11.5 Å². The number of phenols is 1. The first kappa shape index (κ1) is 8.52. The van der Waals surface area contributed by atoms with Gasteiger partial charge in [-0.05, 0) is 6.92 Å². The van der Waals surface area contributed by atoms with E-state index in [9.17, 15) is 0 Å². The average Bonchev–Trinajstić information content (AvgIpc) is 2.01.